The first-order valence-corrected chi connectivity index (χ1v) is 8.83. The quantitative estimate of drug-likeness (QED) is 0.336. The molecule has 0 saturated heterocycles. The van der Waals surface area contributed by atoms with Crippen LogP contribution in [-0.4, -0.2) is 13.1 Å². The van der Waals surface area contributed by atoms with E-state index in [1.807, 2.05) is 30.3 Å². The summed E-state index contributed by atoms with van der Waals surface area (Å²) in [5.41, 5.74) is 0.465. The van der Waals surface area contributed by atoms with Crippen LogP contribution in [0.25, 0.3) is 25.1 Å². The Morgan fingerprint density at radius 3 is 2.40 bits per heavy atom. The molecule has 25 heavy (non-hydrogen) atoms. The number of halogens is 2. The van der Waals surface area contributed by atoms with Crippen LogP contribution in [0.5, 0.6) is 0 Å². The molecule has 5 heteroatoms. The molecule has 0 aliphatic carbocycles. The van der Waals surface area contributed by atoms with Crippen molar-refractivity contribution in [1.29, 1.82) is 0 Å². The lowest BCUT2D eigenvalue weighted by Gasteiger charge is -1.98. The Morgan fingerprint density at radius 1 is 0.880 bits per heavy atom. The van der Waals surface area contributed by atoms with Crippen molar-refractivity contribution < 1.29 is 18.3 Å². The Hall–Kier alpha value is -2.79. The number of thiophene rings is 1. The maximum atomic E-state index is 13.8. The maximum absolute atomic E-state index is 13.8. The molecule has 3 aromatic carbocycles. The average Bonchev–Trinajstić information content (AvgIpc) is 2.97. The summed E-state index contributed by atoms with van der Waals surface area (Å²) < 4.78 is 33.9. The molecule has 1 heterocycles. The van der Waals surface area contributed by atoms with Gasteiger partial charge in [0.1, 0.15) is 0 Å². The van der Waals surface area contributed by atoms with E-state index >= 15 is 0 Å². The Labute approximate surface area is 145 Å². The van der Waals surface area contributed by atoms with Gasteiger partial charge >= 0.3 is 5.97 Å². The summed E-state index contributed by atoms with van der Waals surface area (Å²) in [4.78, 5) is 12.6. The molecule has 0 saturated carbocycles. The highest BCUT2D eigenvalue weighted by Crippen LogP contribution is 2.48. The van der Waals surface area contributed by atoms with Gasteiger partial charge in [-0.2, -0.15) is 0 Å². The number of rotatable bonds is 2. The first-order valence-electron chi connectivity index (χ1n) is 7.61. The molecule has 1 unspecified atom stereocenters. The molecular weight excluding hydrogens is 342 g/mol. The maximum Gasteiger partial charge on any atom is 0.337 e. The van der Waals surface area contributed by atoms with Crippen LogP contribution in [-0.2, 0) is 4.74 Å². The van der Waals surface area contributed by atoms with Crippen molar-refractivity contribution in [2.45, 2.75) is 0 Å². The molecule has 0 fully saturated rings. The summed E-state index contributed by atoms with van der Waals surface area (Å²) in [5.74, 6) is -2.12. The summed E-state index contributed by atoms with van der Waals surface area (Å²) in [6, 6.07) is 17.2. The lowest BCUT2D eigenvalue weighted by molar-refractivity contribution is 0.0601. The van der Waals surface area contributed by atoms with Crippen molar-refractivity contribution in [2.75, 3.05) is 7.11 Å². The minimum Gasteiger partial charge on any atom is -0.465 e. The first-order chi connectivity index (χ1) is 12.1. The van der Waals surface area contributed by atoms with Crippen molar-refractivity contribution in [3.05, 3.63) is 77.9 Å². The smallest absolute Gasteiger partial charge is 0.337 e. The number of ether oxygens (including phenoxy) is 1. The molecule has 0 spiro atoms. The van der Waals surface area contributed by atoms with Gasteiger partial charge in [-0.3, -0.25) is 0 Å². The van der Waals surface area contributed by atoms with Crippen LogP contribution in [0.4, 0.5) is 8.78 Å². The monoisotopic (exact) mass is 355 g/mol. The molecule has 4 rings (SSSR count). The van der Waals surface area contributed by atoms with Gasteiger partial charge in [0.25, 0.3) is 0 Å². The van der Waals surface area contributed by atoms with Gasteiger partial charge in [-0.15, -0.1) is 0 Å². The largest absolute Gasteiger partial charge is 0.465 e. The lowest BCUT2D eigenvalue weighted by atomic mass is 10.1. The molecule has 1 aromatic heterocycles. The van der Waals surface area contributed by atoms with E-state index in [0.717, 1.165) is 26.2 Å². The second-order valence-corrected chi connectivity index (χ2v) is 7.54. The Bertz CT molecular complexity index is 1130. The predicted molar refractivity (Wildman–Crippen MR) is 96.5 cm³/mol. The molecule has 4 aromatic rings. The summed E-state index contributed by atoms with van der Waals surface area (Å²) >= 11 is 0. The fraction of sp³-hybridized carbons (Fsp3) is 0.0500. The highest BCUT2D eigenvalue weighted by molar-refractivity contribution is 7.50. The van der Waals surface area contributed by atoms with Crippen LogP contribution in [0.1, 0.15) is 10.4 Å². The van der Waals surface area contributed by atoms with Gasteiger partial charge in [-0.1, -0.05) is 12.1 Å². The average molecular weight is 355 g/mol. The van der Waals surface area contributed by atoms with E-state index in [1.54, 1.807) is 18.2 Å². The SMILES string of the molecule is COC(=O)c1ccc2c(c1)c1ccccc1[s+]2-c1ccc(F)c(F)c1. The molecular formula is C20H13F2O2S+. The molecule has 0 aliphatic rings. The zero-order chi connectivity index (χ0) is 17.6. The third kappa shape index (κ3) is 2.48. The second kappa shape index (κ2) is 5.93. The highest BCUT2D eigenvalue weighted by atomic mass is 32.2. The molecule has 0 bridgehead atoms. The van der Waals surface area contributed by atoms with Gasteiger partial charge in [0, 0.05) is 33.4 Å². The summed E-state index contributed by atoms with van der Waals surface area (Å²) in [6.07, 6.45) is 0. The van der Waals surface area contributed by atoms with E-state index in [-0.39, 0.29) is 0 Å². The third-order valence-electron chi connectivity index (χ3n) is 4.14. The van der Waals surface area contributed by atoms with E-state index in [1.165, 1.54) is 13.2 Å². The fourth-order valence-electron chi connectivity index (χ4n) is 3.01. The predicted octanol–water partition coefficient (Wildman–Crippen LogP) is 5.80. The Morgan fingerprint density at radius 2 is 1.64 bits per heavy atom. The van der Waals surface area contributed by atoms with E-state index in [2.05, 4.69) is 0 Å². The van der Waals surface area contributed by atoms with Crippen LogP contribution in [0.2, 0.25) is 0 Å². The molecule has 1 atom stereocenters. The number of fused-ring (bicyclic) bond motifs is 3. The van der Waals surface area contributed by atoms with Crippen LogP contribution in [0.15, 0.2) is 60.7 Å². The minimum atomic E-state index is -0.860. The Balaban J connectivity index is 2.08. The zero-order valence-corrected chi connectivity index (χ0v) is 14.1. The van der Waals surface area contributed by atoms with Crippen molar-refractivity contribution in [2.24, 2.45) is 0 Å². The normalized spacial score (nSPS) is 11.9. The zero-order valence-electron chi connectivity index (χ0n) is 13.3. The van der Waals surface area contributed by atoms with Crippen LogP contribution < -0.4 is 0 Å². The van der Waals surface area contributed by atoms with Gasteiger partial charge in [0.2, 0.25) is 0 Å². The van der Waals surface area contributed by atoms with E-state index in [0.29, 0.717) is 10.5 Å². The van der Waals surface area contributed by atoms with Crippen LogP contribution in [0.3, 0.4) is 0 Å². The third-order valence-corrected chi connectivity index (χ3v) is 6.46. The van der Waals surface area contributed by atoms with Gasteiger partial charge < -0.3 is 4.74 Å². The Kier molecular flexibility index (Phi) is 3.73. The van der Waals surface area contributed by atoms with E-state index in [9.17, 15) is 13.6 Å². The summed E-state index contributed by atoms with van der Waals surface area (Å²) in [6.45, 7) is 0. The van der Waals surface area contributed by atoms with Crippen molar-refractivity contribution in [3.63, 3.8) is 0 Å². The summed E-state index contributed by atoms with van der Waals surface area (Å²) in [5, 5.41) is 1.92. The molecule has 0 amide bonds. The van der Waals surface area contributed by atoms with Gasteiger partial charge in [0.15, 0.2) is 25.9 Å². The molecule has 0 radical (unpaired) electrons. The van der Waals surface area contributed by atoms with Crippen molar-refractivity contribution in [3.8, 4) is 4.90 Å². The number of carbonyl (C=O) groups excluding carboxylic acids is 1. The van der Waals surface area contributed by atoms with Gasteiger partial charge in [-0.25, -0.2) is 13.6 Å². The number of benzene rings is 3. The fourth-order valence-corrected chi connectivity index (χ4v) is 5.38. The van der Waals surface area contributed by atoms with E-state index < -0.39 is 28.1 Å². The highest BCUT2D eigenvalue weighted by Gasteiger charge is 2.25. The van der Waals surface area contributed by atoms with E-state index in [4.69, 9.17) is 4.74 Å². The van der Waals surface area contributed by atoms with Gasteiger partial charge in [0.05, 0.1) is 12.7 Å². The second-order valence-electron chi connectivity index (χ2n) is 5.58. The first kappa shape index (κ1) is 15.7. The number of methoxy groups -OCH3 is 1. The topological polar surface area (TPSA) is 26.3 Å². The molecule has 0 aliphatic heterocycles. The number of carbonyl (C=O) groups is 1. The minimum absolute atomic E-state index is 0.403. The number of hydrogen-bond donors (Lipinski definition) is 0. The summed E-state index contributed by atoms with van der Waals surface area (Å²) in [7, 11) is 0.801. The molecule has 124 valence electrons. The molecule has 2 nitrogen and oxygen atoms in total. The molecule has 0 N–H and O–H groups in total. The van der Waals surface area contributed by atoms with Crippen LogP contribution in [0, 0.1) is 11.6 Å². The number of hydrogen-bond acceptors (Lipinski definition) is 2. The van der Waals surface area contributed by atoms with Crippen molar-refractivity contribution >= 4 is 36.6 Å². The lowest BCUT2D eigenvalue weighted by Crippen LogP contribution is -2.00. The van der Waals surface area contributed by atoms with Crippen molar-refractivity contribution in [1.82, 2.24) is 0 Å². The van der Waals surface area contributed by atoms with Crippen LogP contribution >= 0.6 is 10.5 Å². The van der Waals surface area contributed by atoms with Gasteiger partial charge in [-0.05, 0) is 36.4 Å². The standard InChI is InChI=1S/C20H13F2O2S/c1-24-20(23)12-6-9-19-15(10-12)14-4-2-3-5-18(14)25(19)13-7-8-16(21)17(22)11-13/h2-11H,1H3/q+1. The number of esters is 1.